The van der Waals surface area contributed by atoms with E-state index in [2.05, 4.69) is 24.1 Å². The number of rotatable bonds is 3. The minimum absolute atomic E-state index is 0.183. The molecule has 2 aliphatic rings. The second-order valence-corrected chi connectivity index (χ2v) is 5.76. The van der Waals surface area contributed by atoms with E-state index in [0.717, 1.165) is 26.1 Å². The highest BCUT2D eigenvalue weighted by atomic mass is 16.5. The smallest absolute Gasteiger partial charge is 0.234 e. The van der Waals surface area contributed by atoms with Crippen LogP contribution in [0, 0.1) is 0 Å². The van der Waals surface area contributed by atoms with Gasteiger partial charge in [0, 0.05) is 31.3 Å². The molecule has 104 valence electrons. The summed E-state index contributed by atoms with van der Waals surface area (Å²) in [5.74, 6) is 0.183. The molecule has 0 spiro atoms. The lowest BCUT2D eigenvalue weighted by molar-refractivity contribution is -0.125. The molecular formula is C14H26N2O2. The van der Waals surface area contributed by atoms with Gasteiger partial charge in [-0.1, -0.05) is 6.42 Å². The lowest BCUT2D eigenvalue weighted by Crippen LogP contribution is -2.50. The van der Waals surface area contributed by atoms with Crippen LogP contribution in [0.3, 0.4) is 0 Å². The number of carbonyl (C=O) groups is 1. The fourth-order valence-electron chi connectivity index (χ4n) is 3.07. The number of ether oxygens (including phenoxy) is 1. The fourth-order valence-corrected chi connectivity index (χ4v) is 3.07. The van der Waals surface area contributed by atoms with Gasteiger partial charge in [-0.15, -0.1) is 0 Å². The minimum Gasteiger partial charge on any atom is -0.381 e. The molecule has 0 aliphatic carbocycles. The first-order valence-corrected chi connectivity index (χ1v) is 7.29. The zero-order chi connectivity index (χ0) is 13.0. The van der Waals surface area contributed by atoms with Crippen molar-refractivity contribution in [1.29, 1.82) is 0 Å². The Morgan fingerprint density at radius 1 is 1.17 bits per heavy atom. The van der Waals surface area contributed by atoms with Crippen molar-refractivity contribution in [2.24, 2.45) is 0 Å². The molecule has 0 aromatic heterocycles. The molecule has 4 nitrogen and oxygen atoms in total. The molecule has 4 heteroatoms. The Morgan fingerprint density at radius 3 is 2.39 bits per heavy atom. The number of nitrogens with one attached hydrogen (secondary N) is 1. The van der Waals surface area contributed by atoms with Gasteiger partial charge in [-0.05, 0) is 39.5 Å². The monoisotopic (exact) mass is 254 g/mol. The standard InChI is InChI=1S/C14H26N2O2/c1-11-4-3-5-12(2)16(11)10-14(17)15-13-6-8-18-9-7-13/h11-13H,3-10H2,1-2H3,(H,15,17)/t11-,12+. The maximum absolute atomic E-state index is 12.1. The molecule has 2 heterocycles. The van der Waals surface area contributed by atoms with Crippen LogP contribution >= 0.6 is 0 Å². The lowest BCUT2D eigenvalue weighted by Gasteiger charge is -2.38. The highest BCUT2D eigenvalue weighted by Gasteiger charge is 2.27. The van der Waals surface area contributed by atoms with Gasteiger partial charge >= 0.3 is 0 Å². The molecular weight excluding hydrogens is 228 g/mol. The van der Waals surface area contributed by atoms with Crippen LogP contribution in [0.5, 0.6) is 0 Å². The summed E-state index contributed by atoms with van der Waals surface area (Å²) in [5.41, 5.74) is 0. The normalized spacial score (nSPS) is 31.2. The zero-order valence-electron chi connectivity index (χ0n) is 11.7. The van der Waals surface area contributed by atoms with E-state index >= 15 is 0 Å². The van der Waals surface area contributed by atoms with E-state index in [-0.39, 0.29) is 5.91 Å². The SMILES string of the molecule is C[C@@H]1CCC[C@H](C)N1CC(=O)NC1CCOCC1. The summed E-state index contributed by atoms with van der Waals surface area (Å²) in [7, 11) is 0. The van der Waals surface area contributed by atoms with E-state index in [4.69, 9.17) is 4.74 Å². The molecule has 0 saturated carbocycles. The van der Waals surface area contributed by atoms with E-state index in [9.17, 15) is 4.79 Å². The number of likely N-dealkylation sites (tertiary alicyclic amines) is 1. The van der Waals surface area contributed by atoms with Crippen molar-refractivity contribution in [2.45, 2.75) is 64.1 Å². The van der Waals surface area contributed by atoms with Gasteiger partial charge in [-0.3, -0.25) is 9.69 Å². The molecule has 2 saturated heterocycles. The zero-order valence-corrected chi connectivity index (χ0v) is 11.7. The molecule has 1 amide bonds. The summed E-state index contributed by atoms with van der Waals surface area (Å²) in [6.07, 6.45) is 5.64. The Kier molecular flexibility index (Phi) is 5.01. The molecule has 2 rings (SSSR count). The van der Waals surface area contributed by atoms with E-state index in [1.54, 1.807) is 0 Å². The molecule has 0 aromatic carbocycles. The van der Waals surface area contributed by atoms with Crippen molar-refractivity contribution in [3.8, 4) is 0 Å². The van der Waals surface area contributed by atoms with Crippen LogP contribution in [0.4, 0.5) is 0 Å². The molecule has 0 radical (unpaired) electrons. The van der Waals surface area contributed by atoms with Gasteiger partial charge < -0.3 is 10.1 Å². The highest BCUT2D eigenvalue weighted by molar-refractivity contribution is 5.78. The van der Waals surface area contributed by atoms with Crippen molar-refractivity contribution in [3.63, 3.8) is 0 Å². The first-order chi connectivity index (χ1) is 8.66. The Hall–Kier alpha value is -0.610. The maximum atomic E-state index is 12.1. The molecule has 0 unspecified atom stereocenters. The van der Waals surface area contributed by atoms with Crippen LogP contribution in [0.1, 0.15) is 46.0 Å². The third-order valence-electron chi connectivity index (χ3n) is 4.29. The molecule has 2 fully saturated rings. The van der Waals surface area contributed by atoms with Gasteiger partial charge in [0.1, 0.15) is 0 Å². The largest absolute Gasteiger partial charge is 0.381 e. The highest BCUT2D eigenvalue weighted by Crippen LogP contribution is 2.21. The average molecular weight is 254 g/mol. The van der Waals surface area contributed by atoms with E-state index in [1.807, 2.05) is 0 Å². The summed E-state index contributed by atoms with van der Waals surface area (Å²) < 4.78 is 5.30. The second kappa shape index (κ2) is 6.53. The average Bonchev–Trinajstić information content (AvgIpc) is 2.35. The molecule has 0 bridgehead atoms. The van der Waals surface area contributed by atoms with Crippen LogP contribution in [0.15, 0.2) is 0 Å². The molecule has 1 N–H and O–H groups in total. The second-order valence-electron chi connectivity index (χ2n) is 5.76. The molecule has 2 aliphatic heterocycles. The first-order valence-electron chi connectivity index (χ1n) is 7.29. The van der Waals surface area contributed by atoms with Crippen LogP contribution in [-0.4, -0.2) is 48.7 Å². The van der Waals surface area contributed by atoms with Crippen LogP contribution in [0.25, 0.3) is 0 Å². The van der Waals surface area contributed by atoms with Gasteiger partial charge in [0.25, 0.3) is 0 Å². The number of piperidine rings is 1. The first kappa shape index (κ1) is 13.8. The number of hydrogen-bond acceptors (Lipinski definition) is 3. The van der Waals surface area contributed by atoms with Crippen molar-refractivity contribution < 1.29 is 9.53 Å². The predicted molar refractivity (Wildman–Crippen MR) is 71.5 cm³/mol. The molecule has 18 heavy (non-hydrogen) atoms. The van der Waals surface area contributed by atoms with Gasteiger partial charge in [0.05, 0.1) is 6.54 Å². The summed E-state index contributed by atoms with van der Waals surface area (Å²) in [5, 5.41) is 3.15. The Morgan fingerprint density at radius 2 is 1.78 bits per heavy atom. The maximum Gasteiger partial charge on any atom is 0.234 e. The van der Waals surface area contributed by atoms with Crippen LogP contribution in [-0.2, 0) is 9.53 Å². The number of hydrogen-bond donors (Lipinski definition) is 1. The van der Waals surface area contributed by atoms with Crippen molar-refractivity contribution in [1.82, 2.24) is 10.2 Å². The van der Waals surface area contributed by atoms with Gasteiger partial charge in [-0.2, -0.15) is 0 Å². The summed E-state index contributed by atoms with van der Waals surface area (Å²) in [6, 6.07) is 1.39. The molecule has 2 atom stereocenters. The number of nitrogens with zero attached hydrogens (tertiary/aromatic N) is 1. The van der Waals surface area contributed by atoms with Crippen LogP contribution < -0.4 is 5.32 Å². The van der Waals surface area contributed by atoms with E-state index in [1.165, 1.54) is 19.3 Å². The summed E-state index contributed by atoms with van der Waals surface area (Å²) in [6.45, 7) is 6.58. The van der Waals surface area contributed by atoms with E-state index < -0.39 is 0 Å². The van der Waals surface area contributed by atoms with Gasteiger partial charge in [-0.25, -0.2) is 0 Å². The predicted octanol–water partition coefficient (Wildman–Crippen LogP) is 1.54. The van der Waals surface area contributed by atoms with Crippen molar-refractivity contribution >= 4 is 5.91 Å². The Balaban J connectivity index is 1.78. The Bertz CT molecular complexity index is 267. The van der Waals surface area contributed by atoms with Crippen molar-refractivity contribution in [3.05, 3.63) is 0 Å². The quantitative estimate of drug-likeness (QED) is 0.831. The Labute approximate surface area is 110 Å². The van der Waals surface area contributed by atoms with Gasteiger partial charge in [0.2, 0.25) is 5.91 Å². The topological polar surface area (TPSA) is 41.6 Å². The summed E-state index contributed by atoms with van der Waals surface area (Å²) in [4.78, 5) is 14.4. The van der Waals surface area contributed by atoms with Crippen molar-refractivity contribution in [2.75, 3.05) is 19.8 Å². The third kappa shape index (κ3) is 3.69. The minimum atomic E-state index is 0.183. The number of carbonyl (C=O) groups excluding carboxylic acids is 1. The van der Waals surface area contributed by atoms with Crippen LogP contribution in [0.2, 0.25) is 0 Å². The third-order valence-corrected chi connectivity index (χ3v) is 4.29. The lowest BCUT2D eigenvalue weighted by atomic mass is 9.97. The number of amides is 1. The fraction of sp³-hybridized carbons (Fsp3) is 0.929. The van der Waals surface area contributed by atoms with E-state index in [0.29, 0.717) is 24.7 Å². The molecule has 0 aromatic rings. The summed E-state index contributed by atoms with van der Waals surface area (Å²) >= 11 is 0. The van der Waals surface area contributed by atoms with Gasteiger partial charge in [0.15, 0.2) is 0 Å².